The topological polar surface area (TPSA) is 54.0 Å². The Hall–Kier alpha value is -0.940. The standard InChI is InChI=1S/C11H17N3OS/c1-8-7-16-10(14-8)4-6-13-11(15)9-3-2-5-12-9/h7,9,12H,2-6H2,1H3,(H,13,15)/t9-/m0/s1. The van der Waals surface area contributed by atoms with Gasteiger partial charge in [0.1, 0.15) is 0 Å². The lowest BCUT2D eigenvalue weighted by Gasteiger charge is -2.09. The van der Waals surface area contributed by atoms with Gasteiger partial charge in [0.05, 0.1) is 11.0 Å². The summed E-state index contributed by atoms with van der Waals surface area (Å²) in [6.07, 6.45) is 2.89. The van der Waals surface area contributed by atoms with E-state index >= 15 is 0 Å². The van der Waals surface area contributed by atoms with Gasteiger partial charge in [-0.2, -0.15) is 0 Å². The van der Waals surface area contributed by atoms with Crippen LogP contribution in [-0.2, 0) is 11.2 Å². The molecule has 1 aromatic rings. The highest BCUT2D eigenvalue weighted by Gasteiger charge is 2.21. The normalized spacial score (nSPS) is 19.9. The van der Waals surface area contributed by atoms with Gasteiger partial charge < -0.3 is 10.6 Å². The van der Waals surface area contributed by atoms with E-state index in [1.807, 2.05) is 12.3 Å². The minimum Gasteiger partial charge on any atom is -0.354 e. The maximum Gasteiger partial charge on any atom is 0.237 e. The fraction of sp³-hybridized carbons (Fsp3) is 0.636. The molecule has 1 aliphatic heterocycles. The highest BCUT2D eigenvalue weighted by Crippen LogP contribution is 2.09. The van der Waals surface area contributed by atoms with E-state index in [9.17, 15) is 4.79 Å². The first-order valence-corrected chi connectivity index (χ1v) is 6.56. The van der Waals surface area contributed by atoms with Crippen LogP contribution in [0.3, 0.4) is 0 Å². The predicted octanol–water partition coefficient (Wildman–Crippen LogP) is 0.862. The van der Waals surface area contributed by atoms with Crippen molar-refractivity contribution in [2.24, 2.45) is 0 Å². The number of carbonyl (C=O) groups excluding carboxylic acids is 1. The van der Waals surface area contributed by atoms with Crippen LogP contribution in [0.4, 0.5) is 0 Å². The summed E-state index contributed by atoms with van der Waals surface area (Å²) >= 11 is 1.66. The molecule has 1 amide bonds. The van der Waals surface area contributed by atoms with Gasteiger partial charge in [-0.05, 0) is 26.3 Å². The van der Waals surface area contributed by atoms with E-state index in [4.69, 9.17) is 0 Å². The highest BCUT2D eigenvalue weighted by molar-refractivity contribution is 7.09. The Balaban J connectivity index is 1.69. The molecule has 0 aliphatic carbocycles. The number of aryl methyl sites for hydroxylation is 1. The molecule has 0 radical (unpaired) electrons. The van der Waals surface area contributed by atoms with Gasteiger partial charge in [0.2, 0.25) is 5.91 Å². The monoisotopic (exact) mass is 239 g/mol. The molecule has 88 valence electrons. The lowest BCUT2D eigenvalue weighted by Crippen LogP contribution is -2.41. The van der Waals surface area contributed by atoms with E-state index < -0.39 is 0 Å². The zero-order valence-electron chi connectivity index (χ0n) is 9.45. The van der Waals surface area contributed by atoms with E-state index in [1.165, 1.54) is 0 Å². The lowest BCUT2D eigenvalue weighted by molar-refractivity contribution is -0.122. The van der Waals surface area contributed by atoms with Crippen molar-refractivity contribution in [3.8, 4) is 0 Å². The molecule has 16 heavy (non-hydrogen) atoms. The van der Waals surface area contributed by atoms with Crippen LogP contribution in [0.1, 0.15) is 23.5 Å². The van der Waals surface area contributed by atoms with E-state index in [2.05, 4.69) is 15.6 Å². The van der Waals surface area contributed by atoms with Crippen molar-refractivity contribution in [1.29, 1.82) is 0 Å². The van der Waals surface area contributed by atoms with Crippen LogP contribution in [0.2, 0.25) is 0 Å². The molecular weight excluding hydrogens is 222 g/mol. The number of carbonyl (C=O) groups is 1. The van der Waals surface area contributed by atoms with Crippen molar-refractivity contribution in [2.45, 2.75) is 32.2 Å². The molecule has 2 heterocycles. The van der Waals surface area contributed by atoms with Crippen molar-refractivity contribution in [3.05, 3.63) is 16.1 Å². The van der Waals surface area contributed by atoms with E-state index in [-0.39, 0.29) is 11.9 Å². The van der Waals surface area contributed by atoms with E-state index in [1.54, 1.807) is 11.3 Å². The summed E-state index contributed by atoms with van der Waals surface area (Å²) in [5.41, 5.74) is 1.06. The van der Waals surface area contributed by atoms with E-state index in [0.29, 0.717) is 6.54 Å². The Kier molecular flexibility index (Phi) is 3.90. The molecule has 1 aliphatic rings. The SMILES string of the molecule is Cc1csc(CCNC(=O)[C@@H]2CCCN2)n1. The molecule has 0 spiro atoms. The number of aromatic nitrogens is 1. The van der Waals surface area contributed by atoms with Crippen LogP contribution in [0.5, 0.6) is 0 Å². The largest absolute Gasteiger partial charge is 0.354 e. The van der Waals surface area contributed by atoms with Crippen molar-refractivity contribution in [2.75, 3.05) is 13.1 Å². The minimum absolute atomic E-state index is 0.0260. The summed E-state index contributed by atoms with van der Waals surface area (Å²) in [6.45, 7) is 3.63. The van der Waals surface area contributed by atoms with Crippen LogP contribution >= 0.6 is 11.3 Å². The number of hydrogen-bond acceptors (Lipinski definition) is 4. The third-order valence-electron chi connectivity index (χ3n) is 2.68. The van der Waals surface area contributed by atoms with Crippen molar-refractivity contribution >= 4 is 17.2 Å². The highest BCUT2D eigenvalue weighted by atomic mass is 32.1. The maximum atomic E-state index is 11.7. The smallest absolute Gasteiger partial charge is 0.237 e. The Bertz CT molecular complexity index is 358. The summed E-state index contributed by atoms with van der Waals surface area (Å²) < 4.78 is 0. The molecule has 0 bridgehead atoms. The molecule has 1 saturated heterocycles. The van der Waals surface area contributed by atoms with Crippen LogP contribution in [0.15, 0.2) is 5.38 Å². The van der Waals surface area contributed by atoms with Gasteiger partial charge in [-0.15, -0.1) is 11.3 Å². The Morgan fingerprint density at radius 1 is 1.75 bits per heavy atom. The van der Waals surface area contributed by atoms with Crippen molar-refractivity contribution in [1.82, 2.24) is 15.6 Å². The summed E-state index contributed by atoms with van der Waals surface area (Å²) in [5, 5.41) is 9.26. The van der Waals surface area contributed by atoms with Gasteiger partial charge in [-0.25, -0.2) is 4.98 Å². The van der Waals surface area contributed by atoms with Crippen LogP contribution in [0.25, 0.3) is 0 Å². The average molecular weight is 239 g/mol. The molecule has 4 nitrogen and oxygen atoms in total. The predicted molar refractivity (Wildman–Crippen MR) is 64.6 cm³/mol. The quantitative estimate of drug-likeness (QED) is 0.819. The second-order valence-electron chi connectivity index (χ2n) is 4.07. The molecule has 1 aromatic heterocycles. The van der Waals surface area contributed by atoms with Crippen LogP contribution in [0, 0.1) is 6.92 Å². The first kappa shape index (κ1) is 11.5. The Morgan fingerprint density at radius 2 is 2.62 bits per heavy atom. The van der Waals surface area contributed by atoms with Crippen molar-refractivity contribution < 1.29 is 4.79 Å². The van der Waals surface area contributed by atoms with Crippen molar-refractivity contribution in [3.63, 3.8) is 0 Å². The summed E-state index contributed by atoms with van der Waals surface area (Å²) in [6, 6.07) is 0.0260. The van der Waals surface area contributed by atoms with E-state index in [0.717, 1.165) is 36.5 Å². The zero-order valence-corrected chi connectivity index (χ0v) is 10.3. The second-order valence-corrected chi connectivity index (χ2v) is 5.02. The molecule has 0 aromatic carbocycles. The third kappa shape index (κ3) is 3.02. The lowest BCUT2D eigenvalue weighted by atomic mass is 10.2. The molecule has 1 atom stereocenters. The van der Waals surface area contributed by atoms with Gasteiger partial charge in [0.15, 0.2) is 0 Å². The number of hydrogen-bond donors (Lipinski definition) is 2. The van der Waals surface area contributed by atoms with Gasteiger partial charge in [0.25, 0.3) is 0 Å². The summed E-state index contributed by atoms with van der Waals surface area (Å²) in [7, 11) is 0. The fourth-order valence-corrected chi connectivity index (χ4v) is 2.62. The molecule has 0 unspecified atom stereocenters. The Labute approximate surface area is 99.5 Å². The Morgan fingerprint density at radius 3 is 3.25 bits per heavy atom. The molecule has 5 heteroatoms. The van der Waals surface area contributed by atoms with Gasteiger partial charge in [0, 0.05) is 24.0 Å². The van der Waals surface area contributed by atoms with Gasteiger partial charge in [-0.3, -0.25) is 4.79 Å². The molecule has 0 saturated carbocycles. The third-order valence-corrected chi connectivity index (χ3v) is 3.71. The second kappa shape index (κ2) is 5.41. The average Bonchev–Trinajstić information content (AvgIpc) is 2.89. The molecule has 2 N–H and O–H groups in total. The summed E-state index contributed by atoms with van der Waals surface area (Å²) in [5.74, 6) is 0.130. The van der Waals surface area contributed by atoms with Gasteiger partial charge >= 0.3 is 0 Å². The zero-order chi connectivity index (χ0) is 11.4. The number of nitrogens with one attached hydrogen (secondary N) is 2. The summed E-state index contributed by atoms with van der Waals surface area (Å²) in [4.78, 5) is 16.0. The first-order valence-electron chi connectivity index (χ1n) is 5.68. The molecule has 1 fully saturated rings. The number of rotatable bonds is 4. The number of amides is 1. The first-order chi connectivity index (χ1) is 7.75. The molecule has 2 rings (SSSR count). The van der Waals surface area contributed by atoms with Gasteiger partial charge in [-0.1, -0.05) is 0 Å². The minimum atomic E-state index is 0.0260. The number of thiazole rings is 1. The van der Waals surface area contributed by atoms with Crippen LogP contribution < -0.4 is 10.6 Å². The fourth-order valence-electron chi connectivity index (χ4n) is 1.84. The maximum absolute atomic E-state index is 11.7. The number of nitrogens with zero attached hydrogens (tertiary/aromatic N) is 1. The molecular formula is C11H17N3OS. The van der Waals surface area contributed by atoms with Crippen LogP contribution in [-0.4, -0.2) is 30.0 Å².